The van der Waals surface area contributed by atoms with Gasteiger partial charge in [-0.05, 0) is 156 Å². The van der Waals surface area contributed by atoms with Crippen molar-refractivity contribution in [2.24, 2.45) is 0 Å². The number of aromatic nitrogens is 4. The first kappa shape index (κ1) is 78.5. The van der Waals surface area contributed by atoms with Gasteiger partial charge in [-0.15, -0.1) is 0 Å². The Bertz CT molecular complexity index is 2870. The van der Waals surface area contributed by atoms with Crippen LogP contribution in [0.4, 0.5) is 21.2 Å². The molecular weight excluding hydrogens is 1310 g/mol. The number of carbonyl (C=O) groups excluding carboxylic acids is 3. The van der Waals surface area contributed by atoms with Crippen molar-refractivity contribution in [3.05, 3.63) is 42.5 Å². The lowest BCUT2D eigenvalue weighted by atomic mass is 10.1. The predicted molar refractivity (Wildman–Crippen MR) is 365 cm³/mol. The van der Waals surface area contributed by atoms with Crippen molar-refractivity contribution in [1.82, 2.24) is 29.7 Å². The van der Waals surface area contributed by atoms with Gasteiger partial charge in [0.15, 0.2) is 39.9 Å². The molecule has 4 rings (SSSR count). The third-order valence-electron chi connectivity index (χ3n) is 17.3. The Hall–Kier alpha value is -3.71. The summed E-state index contributed by atoms with van der Waals surface area (Å²) in [6, 6.07) is -1.04. The lowest BCUT2D eigenvalue weighted by Crippen LogP contribution is -2.48. The quantitative estimate of drug-likeness (QED) is 0.0239. The highest BCUT2D eigenvalue weighted by molar-refractivity contribution is 14.1. The molecule has 1 unspecified atom stereocenters. The largest absolute Gasteiger partial charge is 0.451 e. The van der Waals surface area contributed by atoms with Crippen LogP contribution >= 0.6 is 22.6 Å². The number of nitrogens with zero attached hydrogens (tertiary/aromatic N) is 4. The van der Waals surface area contributed by atoms with Crippen molar-refractivity contribution in [2.45, 2.75) is 283 Å². The number of amides is 2. The zero-order valence-electron chi connectivity index (χ0n) is 58.1. The number of unbranched alkanes of at least 4 members (excludes halogenated alkanes) is 1. The molecule has 7 atom stereocenters. The molecule has 0 aromatic carbocycles. The summed E-state index contributed by atoms with van der Waals surface area (Å²) in [6.07, 6.45) is 1.82. The van der Waals surface area contributed by atoms with Crippen molar-refractivity contribution < 1.29 is 55.8 Å². The van der Waals surface area contributed by atoms with Crippen LogP contribution in [-0.2, 0) is 46.2 Å². The molecule has 0 spiro atoms. The van der Waals surface area contributed by atoms with Gasteiger partial charge in [0.1, 0.15) is 53.5 Å². The summed E-state index contributed by atoms with van der Waals surface area (Å²) in [4.78, 5) is 71.4. The first-order chi connectivity index (χ1) is 39.7. The van der Waals surface area contributed by atoms with Gasteiger partial charge in [-0.1, -0.05) is 94.9 Å². The molecule has 6 N–H and O–H groups in total. The van der Waals surface area contributed by atoms with Crippen LogP contribution in [0.1, 0.15) is 175 Å². The molecule has 2 aromatic rings. The third-order valence-corrected chi connectivity index (χ3v) is 36.1. The maximum absolute atomic E-state index is 13.2. The number of halogens is 1. The van der Waals surface area contributed by atoms with Crippen molar-refractivity contribution in [1.29, 1.82) is 0 Å². The number of nitrogens with two attached hydrogens (primary N) is 2. The fraction of sp³-hybridized carbons (Fsp3) is 0.787. The molecule has 2 aliphatic rings. The highest BCUT2D eigenvalue weighted by Crippen LogP contribution is 2.44. The van der Waals surface area contributed by atoms with Crippen LogP contribution in [0.3, 0.4) is 0 Å². The molecule has 0 saturated carbocycles. The van der Waals surface area contributed by atoms with E-state index in [1.807, 2.05) is 0 Å². The van der Waals surface area contributed by atoms with E-state index >= 15 is 0 Å². The van der Waals surface area contributed by atoms with Gasteiger partial charge in [0.05, 0.1) is 34.6 Å². The third kappa shape index (κ3) is 23.8. The van der Waals surface area contributed by atoms with Gasteiger partial charge in [0.2, 0.25) is 0 Å². The Kier molecular flexibility index (Phi) is 27.1. The molecule has 0 aliphatic carbocycles. The van der Waals surface area contributed by atoms with Crippen LogP contribution < -0.4 is 33.5 Å². The van der Waals surface area contributed by atoms with E-state index < -0.39 is 98.6 Å². The molecule has 22 nitrogen and oxygen atoms in total. The molecule has 4 heterocycles. The number of esters is 1. The number of hydrogen-bond acceptors (Lipinski definition) is 18. The van der Waals surface area contributed by atoms with Gasteiger partial charge in [0, 0.05) is 31.8 Å². The number of nitrogen functional groups attached to an aromatic ring is 2. The van der Waals surface area contributed by atoms with Crippen molar-refractivity contribution in [3.8, 4) is 11.8 Å². The normalized spacial score (nSPS) is 20.3. The predicted octanol–water partition coefficient (Wildman–Crippen LogP) is 12.1. The Morgan fingerprint density at radius 1 is 0.636 bits per heavy atom. The monoisotopic (exact) mass is 1420 g/mol. The van der Waals surface area contributed by atoms with Gasteiger partial charge in [-0.3, -0.25) is 9.13 Å². The van der Waals surface area contributed by atoms with Crippen LogP contribution in [0.2, 0.25) is 72.5 Å². The molecule has 2 fully saturated rings. The molecular formula is C61H111IN8O14Si4. The van der Waals surface area contributed by atoms with E-state index in [9.17, 15) is 24.0 Å². The summed E-state index contributed by atoms with van der Waals surface area (Å²) in [5.41, 5.74) is 9.77. The van der Waals surface area contributed by atoms with Crippen LogP contribution in [0.15, 0.2) is 22.0 Å². The van der Waals surface area contributed by atoms with Crippen molar-refractivity contribution >= 4 is 85.7 Å². The maximum atomic E-state index is 13.2. The zero-order chi connectivity index (χ0) is 67.8. The smallest absolute Gasteiger partial charge is 0.408 e. The summed E-state index contributed by atoms with van der Waals surface area (Å²) in [6.45, 7) is 55.4. The van der Waals surface area contributed by atoms with Gasteiger partial charge < -0.3 is 63.5 Å². The average molecular weight is 1420 g/mol. The van der Waals surface area contributed by atoms with Crippen LogP contribution in [0.5, 0.6) is 0 Å². The summed E-state index contributed by atoms with van der Waals surface area (Å²) in [7, 11) is -8.33. The lowest BCUT2D eigenvalue weighted by Gasteiger charge is -2.40. The number of nitrogens with one attached hydrogen (secondary N) is 2. The second-order valence-corrected chi connectivity index (χ2v) is 51.4. The van der Waals surface area contributed by atoms with Crippen LogP contribution in [-0.4, -0.2) is 139 Å². The van der Waals surface area contributed by atoms with Crippen molar-refractivity contribution in [2.75, 3.05) is 37.8 Å². The molecule has 2 aromatic heterocycles. The fourth-order valence-corrected chi connectivity index (χ4v) is 13.0. The standard InChI is InChI=1S/C40H71N5O10Si2.C21H40IN3O4Si2/c1-37(2,3)53-35(48)42-22-18-17-21-28(43-36(49)54-38(4,5)6)33(46)50-23-19-20-27-25-45(34(47)44-32(27)41)31-24-29(55-57(15,16)40(10,11)12)30(52-31)26-51-56(13,14)39(7,8)9;1-20(2,3)30(7,8)27-13-16-15(29-31(9,10)21(4,5)6)11-17(28-16)25-12-14(22)18(23)24-19(25)26/h25,28-31H,17-18,21-24,26H2,1-16H3,(H,42,48)(H,43,49)(H2,41,44,47);12,15-17H,11,13H2,1-10H3,(H2,23,24,26)/t28?,29-,30-,31-;15-,16-,17-/m11/s1. The van der Waals surface area contributed by atoms with E-state index in [0.717, 1.165) is 3.57 Å². The van der Waals surface area contributed by atoms with Gasteiger partial charge >= 0.3 is 29.5 Å². The molecule has 2 saturated heterocycles. The minimum atomic E-state index is -2.23. The Morgan fingerprint density at radius 2 is 1.05 bits per heavy atom. The number of anilines is 2. The second-order valence-electron chi connectivity index (χ2n) is 31.1. The zero-order valence-corrected chi connectivity index (χ0v) is 64.3. The van der Waals surface area contributed by atoms with E-state index in [0.29, 0.717) is 45.4 Å². The fourth-order valence-electron chi connectivity index (χ4n) is 7.88. The molecule has 2 amide bonds. The van der Waals surface area contributed by atoms with E-state index in [-0.39, 0.29) is 68.7 Å². The topological polar surface area (TPSA) is 280 Å². The van der Waals surface area contributed by atoms with E-state index in [4.69, 9.17) is 52.9 Å². The molecule has 88 heavy (non-hydrogen) atoms. The van der Waals surface area contributed by atoms with Crippen LogP contribution in [0, 0.1) is 15.4 Å². The molecule has 502 valence electrons. The summed E-state index contributed by atoms with van der Waals surface area (Å²) in [5, 5.41) is 5.38. The Balaban J connectivity index is 0.000000547. The number of hydrogen-bond donors (Lipinski definition) is 4. The van der Waals surface area contributed by atoms with E-state index in [1.165, 1.54) is 15.3 Å². The molecule has 2 aliphatic heterocycles. The number of rotatable bonds is 20. The average Bonchev–Trinajstić information content (AvgIpc) is 2.07. The first-order valence-corrected chi connectivity index (χ1v) is 43.4. The molecule has 27 heteroatoms. The summed E-state index contributed by atoms with van der Waals surface area (Å²) >= 11 is 2.09. The number of ether oxygens (including phenoxy) is 5. The first-order valence-electron chi connectivity index (χ1n) is 30.7. The molecule has 0 radical (unpaired) electrons. The van der Waals surface area contributed by atoms with Gasteiger partial charge in [-0.2, -0.15) is 9.97 Å². The Morgan fingerprint density at radius 3 is 1.47 bits per heavy atom. The number of carbonyl (C=O) groups is 3. The SMILES string of the molecule is CC(C)(C)OC(=O)NCCCCC(NC(=O)OC(C)(C)C)C(=O)OCC#Cc1cn([C@H]2C[C@@H](O[Si](C)(C)C(C)(C)C)[C@@H](CO[Si](C)(C)C(C)(C)C)O2)c(=O)nc1N.CC(C)(C)[Si](C)(C)OC[C@H]1O[C@@H](n2cc(I)c(N)nc2=O)C[C@H]1O[Si](C)(C)C(C)(C)C. The number of alkyl carbamates (subject to hydrolysis) is 2. The minimum Gasteiger partial charge on any atom is -0.451 e. The van der Waals surface area contributed by atoms with Gasteiger partial charge in [-0.25, -0.2) is 24.0 Å². The minimum absolute atomic E-state index is 0.00179. The van der Waals surface area contributed by atoms with E-state index in [1.54, 1.807) is 47.7 Å². The summed E-state index contributed by atoms with van der Waals surface area (Å²) < 4.78 is 59.2. The molecule has 0 bridgehead atoms. The van der Waals surface area contributed by atoms with Crippen LogP contribution in [0.25, 0.3) is 0 Å². The van der Waals surface area contributed by atoms with Crippen molar-refractivity contribution in [3.63, 3.8) is 0 Å². The summed E-state index contributed by atoms with van der Waals surface area (Å²) in [5.74, 6) is 5.08. The maximum Gasteiger partial charge on any atom is 0.408 e. The Labute approximate surface area is 543 Å². The van der Waals surface area contributed by atoms with Gasteiger partial charge in [0.25, 0.3) is 0 Å². The van der Waals surface area contributed by atoms with E-state index in [2.05, 4.69) is 190 Å². The second kappa shape index (κ2) is 30.4. The highest BCUT2D eigenvalue weighted by Gasteiger charge is 2.49. The lowest BCUT2D eigenvalue weighted by molar-refractivity contribution is -0.144. The highest BCUT2D eigenvalue weighted by atomic mass is 127.